The van der Waals surface area contributed by atoms with Crippen LogP contribution in [0.3, 0.4) is 0 Å². The summed E-state index contributed by atoms with van der Waals surface area (Å²) in [6, 6.07) is 6.06. The van der Waals surface area contributed by atoms with Crippen molar-refractivity contribution < 1.29 is 0 Å². The fourth-order valence-corrected chi connectivity index (χ4v) is 2.36. The number of nitrogens with zero attached hydrogens (tertiary/aromatic N) is 1. The Hall–Kier alpha value is -0.600. The zero-order valence-corrected chi connectivity index (χ0v) is 10.8. The van der Waals surface area contributed by atoms with Crippen molar-refractivity contribution in [2.24, 2.45) is 4.99 Å². The predicted molar refractivity (Wildman–Crippen MR) is 67.2 cm³/mol. The monoisotopic (exact) mass is 283 g/mol. The van der Waals surface area contributed by atoms with E-state index in [0.717, 1.165) is 27.9 Å². The van der Waals surface area contributed by atoms with E-state index in [2.05, 4.69) is 40.0 Å². The van der Waals surface area contributed by atoms with Crippen LogP contribution in [0.1, 0.15) is 19.8 Å². The number of allylic oxidation sites excluding steroid dienone is 1. The van der Waals surface area contributed by atoms with Crippen LogP contribution in [0, 0.1) is 0 Å². The Morgan fingerprint density at radius 2 is 2.27 bits per heavy atom. The van der Waals surface area contributed by atoms with Crippen LogP contribution < -0.4 is 10.6 Å². The normalized spacial score (nSPS) is 15.1. The molecular weight excluding hydrogens is 273 g/mol. The zero-order chi connectivity index (χ0) is 10.8. The van der Waals surface area contributed by atoms with Gasteiger partial charge in [-0.15, -0.1) is 0 Å². The second kappa shape index (κ2) is 4.50. The zero-order valence-electron chi connectivity index (χ0n) is 8.43. The Bertz CT molecular complexity index is 531. The molecule has 0 spiro atoms. The minimum Gasteiger partial charge on any atom is -0.235 e. The maximum absolute atomic E-state index is 6.16. The van der Waals surface area contributed by atoms with Gasteiger partial charge in [-0.3, -0.25) is 0 Å². The Labute approximate surface area is 102 Å². The molecule has 0 unspecified atom stereocenters. The predicted octanol–water partition coefficient (Wildman–Crippen LogP) is 3.11. The molecule has 78 valence electrons. The molecule has 0 saturated carbocycles. The summed E-state index contributed by atoms with van der Waals surface area (Å²) < 4.78 is 0.992. The van der Waals surface area contributed by atoms with E-state index < -0.39 is 0 Å². The third kappa shape index (κ3) is 2.16. The van der Waals surface area contributed by atoms with Crippen molar-refractivity contribution in [1.29, 1.82) is 0 Å². The minimum absolute atomic E-state index is 0.638. The summed E-state index contributed by atoms with van der Waals surface area (Å²) in [4.78, 5) is 4.46. The molecule has 1 nitrogen and oxygen atoms in total. The van der Waals surface area contributed by atoms with Gasteiger partial charge in [0.2, 0.25) is 0 Å². The summed E-state index contributed by atoms with van der Waals surface area (Å²) in [6.07, 6.45) is 4.02. The lowest BCUT2D eigenvalue weighted by Gasteiger charge is -1.98. The first kappa shape index (κ1) is 10.9. The van der Waals surface area contributed by atoms with Gasteiger partial charge in [0.05, 0.1) is 5.36 Å². The second-order valence-corrected chi connectivity index (χ2v) is 4.66. The van der Waals surface area contributed by atoms with Crippen LogP contribution in [-0.2, 0) is 0 Å². The van der Waals surface area contributed by atoms with E-state index in [4.69, 9.17) is 11.6 Å². The van der Waals surface area contributed by atoms with Gasteiger partial charge >= 0.3 is 0 Å². The number of benzene rings is 1. The van der Waals surface area contributed by atoms with Crippen LogP contribution in [0.15, 0.2) is 38.4 Å². The van der Waals surface area contributed by atoms with Crippen molar-refractivity contribution >= 4 is 33.6 Å². The molecule has 1 aliphatic rings. The van der Waals surface area contributed by atoms with Gasteiger partial charge in [0.1, 0.15) is 5.16 Å². The van der Waals surface area contributed by atoms with Crippen molar-refractivity contribution in [2.75, 3.05) is 0 Å². The van der Waals surface area contributed by atoms with Crippen LogP contribution in [0.5, 0.6) is 0 Å². The average Bonchev–Trinajstić information content (AvgIpc) is 2.38. The Morgan fingerprint density at radius 1 is 1.47 bits per heavy atom. The molecule has 15 heavy (non-hydrogen) atoms. The van der Waals surface area contributed by atoms with Gasteiger partial charge in [-0.25, -0.2) is 4.99 Å². The maximum atomic E-state index is 6.16. The van der Waals surface area contributed by atoms with Gasteiger partial charge in [-0.05, 0) is 45.6 Å². The Kier molecular flexibility index (Phi) is 3.27. The van der Waals surface area contributed by atoms with Crippen LogP contribution in [0.25, 0.3) is 6.08 Å². The number of hydrogen-bond donors (Lipinski definition) is 0. The highest BCUT2D eigenvalue weighted by Gasteiger charge is 2.05. The van der Waals surface area contributed by atoms with E-state index in [9.17, 15) is 0 Å². The van der Waals surface area contributed by atoms with Gasteiger partial charge < -0.3 is 0 Å². The quantitative estimate of drug-likeness (QED) is 0.703. The number of fused-ring (bicyclic) bond motifs is 1. The number of halogens is 2. The van der Waals surface area contributed by atoms with Crippen molar-refractivity contribution in [2.45, 2.75) is 19.8 Å². The largest absolute Gasteiger partial charge is 0.235 e. The molecule has 1 heterocycles. The molecule has 0 atom stereocenters. The smallest absolute Gasteiger partial charge is 0.129 e. The lowest BCUT2D eigenvalue weighted by molar-refractivity contribution is 1.03. The molecule has 2 rings (SSSR count). The van der Waals surface area contributed by atoms with Crippen molar-refractivity contribution in [3.8, 4) is 0 Å². The van der Waals surface area contributed by atoms with Gasteiger partial charge in [0.15, 0.2) is 0 Å². The summed E-state index contributed by atoms with van der Waals surface area (Å²) in [5.74, 6) is 0. The highest BCUT2D eigenvalue weighted by molar-refractivity contribution is 9.10. The first-order chi connectivity index (χ1) is 7.22. The SMILES string of the molecule is CCC1=C(Cl)N=c2c(Br)cccc2=CC1. The highest BCUT2D eigenvalue weighted by atomic mass is 79.9. The van der Waals surface area contributed by atoms with Crippen LogP contribution in [0.4, 0.5) is 0 Å². The Morgan fingerprint density at radius 3 is 3.00 bits per heavy atom. The van der Waals surface area contributed by atoms with Crippen LogP contribution >= 0.6 is 27.5 Å². The van der Waals surface area contributed by atoms with Gasteiger partial charge in [0.25, 0.3) is 0 Å². The summed E-state index contributed by atoms with van der Waals surface area (Å²) in [5.41, 5.74) is 1.19. The van der Waals surface area contributed by atoms with E-state index in [1.165, 1.54) is 5.57 Å². The molecule has 1 aromatic rings. The fourth-order valence-electron chi connectivity index (χ4n) is 1.60. The molecule has 3 heteroatoms. The summed E-state index contributed by atoms with van der Waals surface area (Å²) >= 11 is 9.65. The van der Waals surface area contributed by atoms with Crippen LogP contribution in [0.2, 0.25) is 0 Å². The summed E-state index contributed by atoms with van der Waals surface area (Å²) in [6.45, 7) is 2.10. The topological polar surface area (TPSA) is 12.4 Å². The summed E-state index contributed by atoms with van der Waals surface area (Å²) in [5, 5.41) is 2.72. The maximum Gasteiger partial charge on any atom is 0.129 e. The molecule has 0 radical (unpaired) electrons. The lowest BCUT2D eigenvalue weighted by atomic mass is 10.1. The highest BCUT2D eigenvalue weighted by Crippen LogP contribution is 2.19. The molecule has 1 aromatic carbocycles. The second-order valence-electron chi connectivity index (χ2n) is 3.45. The van der Waals surface area contributed by atoms with Crippen molar-refractivity contribution in [3.05, 3.63) is 44.0 Å². The van der Waals surface area contributed by atoms with E-state index in [1.807, 2.05) is 12.1 Å². The molecule has 0 bridgehead atoms. The van der Waals surface area contributed by atoms with E-state index in [0.29, 0.717) is 5.16 Å². The molecule has 0 N–H and O–H groups in total. The molecule has 0 aromatic heterocycles. The number of para-hydroxylation sites is 1. The van der Waals surface area contributed by atoms with E-state index in [1.54, 1.807) is 0 Å². The third-order valence-corrected chi connectivity index (χ3v) is 3.51. The fraction of sp³-hybridized carbons (Fsp3) is 0.250. The van der Waals surface area contributed by atoms with Crippen molar-refractivity contribution in [3.63, 3.8) is 0 Å². The van der Waals surface area contributed by atoms with Crippen molar-refractivity contribution in [1.82, 2.24) is 0 Å². The van der Waals surface area contributed by atoms with Gasteiger partial charge in [0, 0.05) is 4.47 Å². The molecule has 0 aliphatic carbocycles. The number of hydrogen-bond acceptors (Lipinski definition) is 1. The average molecular weight is 285 g/mol. The standard InChI is InChI=1S/C12H11BrClN/c1-2-8-6-7-9-4-3-5-10(13)11(9)15-12(8)14/h3-5,7H,2,6H2,1H3. The van der Waals surface area contributed by atoms with Gasteiger partial charge in [-0.2, -0.15) is 0 Å². The first-order valence-electron chi connectivity index (χ1n) is 4.93. The third-order valence-electron chi connectivity index (χ3n) is 2.51. The Balaban J connectivity index is 2.73. The molecule has 0 saturated heterocycles. The molecule has 0 amide bonds. The minimum atomic E-state index is 0.638. The number of rotatable bonds is 1. The summed E-state index contributed by atoms with van der Waals surface area (Å²) in [7, 11) is 0. The lowest BCUT2D eigenvalue weighted by Crippen LogP contribution is -2.25. The molecular formula is C12H11BrClN. The van der Waals surface area contributed by atoms with Crippen LogP contribution in [-0.4, -0.2) is 0 Å². The first-order valence-corrected chi connectivity index (χ1v) is 6.10. The van der Waals surface area contributed by atoms with Gasteiger partial charge in [-0.1, -0.05) is 36.7 Å². The van der Waals surface area contributed by atoms with E-state index >= 15 is 0 Å². The molecule has 0 fully saturated rings. The molecule has 1 aliphatic heterocycles. The van der Waals surface area contributed by atoms with E-state index in [-0.39, 0.29) is 0 Å².